The van der Waals surface area contributed by atoms with Crippen molar-refractivity contribution in [1.82, 2.24) is 10.2 Å². The number of guanidine groups is 1. The van der Waals surface area contributed by atoms with Gasteiger partial charge in [-0.05, 0) is 45.7 Å². The molecule has 31 heavy (non-hydrogen) atoms. The van der Waals surface area contributed by atoms with E-state index < -0.39 is 0 Å². The third-order valence-electron chi connectivity index (χ3n) is 5.89. The van der Waals surface area contributed by atoms with E-state index in [9.17, 15) is 0 Å². The van der Waals surface area contributed by atoms with Gasteiger partial charge in [0, 0.05) is 43.8 Å². The summed E-state index contributed by atoms with van der Waals surface area (Å²) in [6.07, 6.45) is 3.67. The zero-order valence-electron chi connectivity index (χ0n) is 18.9. The number of halogens is 1. The second-order valence-electron chi connectivity index (χ2n) is 8.21. The molecule has 7 nitrogen and oxygen atoms in total. The molecule has 0 aromatic heterocycles. The van der Waals surface area contributed by atoms with Gasteiger partial charge in [0.2, 0.25) is 0 Å². The van der Waals surface area contributed by atoms with Crippen LogP contribution < -0.4 is 14.8 Å². The molecule has 0 radical (unpaired) electrons. The fourth-order valence-corrected chi connectivity index (χ4v) is 4.47. The summed E-state index contributed by atoms with van der Waals surface area (Å²) in [4.78, 5) is 7.25. The van der Waals surface area contributed by atoms with Crippen molar-refractivity contribution in [3.05, 3.63) is 23.3 Å². The van der Waals surface area contributed by atoms with Crippen LogP contribution in [0.15, 0.2) is 17.1 Å². The van der Waals surface area contributed by atoms with Crippen molar-refractivity contribution in [1.29, 1.82) is 0 Å². The molecule has 0 bridgehead atoms. The largest absolute Gasteiger partial charge is 0.494 e. The van der Waals surface area contributed by atoms with Crippen molar-refractivity contribution < 1.29 is 18.9 Å². The molecular formula is C23H36IN3O4. The van der Waals surface area contributed by atoms with Crippen LogP contribution in [0.25, 0.3) is 0 Å². The van der Waals surface area contributed by atoms with Gasteiger partial charge in [-0.15, -0.1) is 24.0 Å². The van der Waals surface area contributed by atoms with Gasteiger partial charge in [-0.3, -0.25) is 0 Å². The lowest BCUT2D eigenvalue weighted by atomic mass is 10.1. The van der Waals surface area contributed by atoms with Gasteiger partial charge in [0.05, 0.1) is 25.9 Å². The number of hydrogen-bond acceptors (Lipinski definition) is 5. The van der Waals surface area contributed by atoms with E-state index in [-0.39, 0.29) is 42.3 Å². The van der Waals surface area contributed by atoms with E-state index in [2.05, 4.69) is 36.2 Å². The van der Waals surface area contributed by atoms with Crippen LogP contribution in [0.3, 0.4) is 0 Å². The van der Waals surface area contributed by atoms with Gasteiger partial charge in [-0.1, -0.05) is 0 Å². The van der Waals surface area contributed by atoms with E-state index in [1.165, 1.54) is 5.56 Å². The Labute approximate surface area is 202 Å². The number of benzene rings is 1. The molecule has 8 heteroatoms. The molecule has 4 rings (SSSR count). The van der Waals surface area contributed by atoms with E-state index in [1.54, 1.807) is 0 Å². The van der Waals surface area contributed by atoms with Crippen LogP contribution in [0, 0.1) is 0 Å². The molecule has 3 heterocycles. The minimum atomic E-state index is 0. The van der Waals surface area contributed by atoms with Gasteiger partial charge in [0.15, 0.2) is 5.96 Å². The van der Waals surface area contributed by atoms with Gasteiger partial charge in [-0.2, -0.15) is 0 Å². The Bertz CT molecular complexity index is 755. The third kappa shape index (κ3) is 5.96. The molecule has 0 spiro atoms. The summed E-state index contributed by atoms with van der Waals surface area (Å²) in [6.45, 7) is 11.4. The summed E-state index contributed by atoms with van der Waals surface area (Å²) in [6, 6.07) is 4.23. The first-order valence-electron chi connectivity index (χ1n) is 11.4. The number of nitrogens with zero attached hydrogens (tertiary/aromatic N) is 2. The van der Waals surface area contributed by atoms with Crippen LogP contribution in [0.5, 0.6) is 11.5 Å². The average molecular weight is 545 g/mol. The molecule has 3 atom stereocenters. The fourth-order valence-electron chi connectivity index (χ4n) is 4.47. The van der Waals surface area contributed by atoms with Crippen LogP contribution >= 0.6 is 24.0 Å². The predicted octanol–water partition coefficient (Wildman–Crippen LogP) is 3.37. The fraction of sp³-hybridized carbons (Fsp3) is 0.696. The zero-order chi connectivity index (χ0) is 20.9. The van der Waals surface area contributed by atoms with Crippen molar-refractivity contribution in [3.63, 3.8) is 0 Å². The second-order valence-corrected chi connectivity index (χ2v) is 8.21. The number of fused-ring (bicyclic) bond motifs is 1. The smallest absolute Gasteiger partial charge is 0.194 e. The highest BCUT2D eigenvalue weighted by atomic mass is 127. The number of ether oxygens (including phenoxy) is 4. The lowest BCUT2D eigenvalue weighted by molar-refractivity contribution is -0.0817. The van der Waals surface area contributed by atoms with Crippen LogP contribution in [-0.2, 0) is 22.4 Å². The summed E-state index contributed by atoms with van der Waals surface area (Å²) >= 11 is 0. The maximum absolute atomic E-state index is 6.01. The summed E-state index contributed by atoms with van der Waals surface area (Å²) < 4.78 is 23.8. The summed E-state index contributed by atoms with van der Waals surface area (Å²) in [5.74, 6) is 2.79. The lowest BCUT2D eigenvalue weighted by Gasteiger charge is -2.37. The highest BCUT2D eigenvalue weighted by Crippen LogP contribution is 2.35. The van der Waals surface area contributed by atoms with E-state index in [0.717, 1.165) is 68.5 Å². The molecule has 1 aromatic rings. The van der Waals surface area contributed by atoms with Crippen molar-refractivity contribution >= 4 is 29.9 Å². The normalized spacial score (nSPS) is 25.6. The Kier molecular flexibility index (Phi) is 9.09. The summed E-state index contributed by atoms with van der Waals surface area (Å²) in [5, 5.41) is 3.45. The standard InChI is InChI=1S/C23H35N3O4.HI/c1-4-24-23(26-8-10-29-22(15-26)19-7-6-9-28-19)25-14-18-13-21-17(11-16(3)30-21)12-20(18)27-5-2;/h12-13,16,19,22H,4-11,14-15H2,1-3H3,(H,24,25);1H. The van der Waals surface area contributed by atoms with Crippen LogP contribution in [0.1, 0.15) is 44.7 Å². The third-order valence-corrected chi connectivity index (χ3v) is 5.89. The van der Waals surface area contributed by atoms with Gasteiger partial charge >= 0.3 is 0 Å². The Morgan fingerprint density at radius 3 is 2.81 bits per heavy atom. The van der Waals surface area contributed by atoms with E-state index in [1.807, 2.05) is 6.92 Å². The molecule has 3 aliphatic heterocycles. The van der Waals surface area contributed by atoms with E-state index >= 15 is 0 Å². The molecule has 0 amide bonds. The quantitative estimate of drug-likeness (QED) is 0.336. The van der Waals surface area contributed by atoms with Crippen molar-refractivity contribution in [2.24, 2.45) is 4.99 Å². The Morgan fingerprint density at radius 1 is 1.23 bits per heavy atom. The van der Waals surface area contributed by atoms with Gasteiger partial charge in [0.1, 0.15) is 23.7 Å². The molecule has 3 aliphatic rings. The van der Waals surface area contributed by atoms with Crippen LogP contribution in [-0.4, -0.2) is 68.6 Å². The first kappa shape index (κ1) is 24.4. The zero-order valence-corrected chi connectivity index (χ0v) is 21.2. The maximum Gasteiger partial charge on any atom is 0.194 e. The van der Waals surface area contributed by atoms with Crippen molar-refractivity contribution in [3.8, 4) is 11.5 Å². The Balaban J connectivity index is 0.00000272. The minimum absolute atomic E-state index is 0. The number of aliphatic imine (C=N–C) groups is 1. The maximum atomic E-state index is 6.01. The van der Waals surface area contributed by atoms with Gasteiger partial charge < -0.3 is 29.2 Å². The van der Waals surface area contributed by atoms with E-state index in [0.29, 0.717) is 19.8 Å². The van der Waals surface area contributed by atoms with Crippen LogP contribution in [0.2, 0.25) is 0 Å². The molecule has 2 fully saturated rings. The molecule has 174 valence electrons. The Hall–Kier alpha value is -1.26. The molecule has 0 aliphatic carbocycles. The van der Waals surface area contributed by atoms with Gasteiger partial charge in [0.25, 0.3) is 0 Å². The minimum Gasteiger partial charge on any atom is -0.494 e. The highest BCUT2D eigenvalue weighted by molar-refractivity contribution is 14.0. The number of hydrogen-bond donors (Lipinski definition) is 1. The van der Waals surface area contributed by atoms with Gasteiger partial charge in [-0.25, -0.2) is 4.99 Å². The topological polar surface area (TPSA) is 64.6 Å². The lowest BCUT2D eigenvalue weighted by Crippen LogP contribution is -2.53. The predicted molar refractivity (Wildman–Crippen MR) is 132 cm³/mol. The summed E-state index contributed by atoms with van der Waals surface area (Å²) in [7, 11) is 0. The SMILES string of the molecule is CCNC(=NCc1cc2c(cc1OCC)CC(C)O2)N1CCOC(C2CCCO2)C1.I. The van der Waals surface area contributed by atoms with Crippen molar-refractivity contribution in [2.45, 2.75) is 64.9 Å². The second kappa shape index (κ2) is 11.6. The highest BCUT2D eigenvalue weighted by Gasteiger charge is 2.32. The number of morpholine rings is 1. The summed E-state index contributed by atoms with van der Waals surface area (Å²) in [5.41, 5.74) is 2.28. The monoisotopic (exact) mass is 545 g/mol. The first-order valence-corrected chi connectivity index (χ1v) is 11.4. The molecule has 0 saturated carbocycles. The molecule has 2 saturated heterocycles. The number of rotatable bonds is 6. The molecule has 1 N–H and O–H groups in total. The first-order chi connectivity index (χ1) is 14.7. The molecule has 3 unspecified atom stereocenters. The Morgan fingerprint density at radius 2 is 2.06 bits per heavy atom. The average Bonchev–Trinajstić information content (AvgIpc) is 3.40. The van der Waals surface area contributed by atoms with E-state index in [4.69, 9.17) is 23.9 Å². The van der Waals surface area contributed by atoms with Crippen LogP contribution in [0.4, 0.5) is 0 Å². The number of nitrogens with one attached hydrogen (secondary N) is 1. The molecular weight excluding hydrogens is 509 g/mol. The molecule has 1 aromatic carbocycles. The van der Waals surface area contributed by atoms with Crippen molar-refractivity contribution in [2.75, 3.05) is 39.5 Å².